The first-order valence-corrected chi connectivity index (χ1v) is 5.51. The van der Waals surface area contributed by atoms with Gasteiger partial charge in [0.15, 0.2) is 0 Å². The van der Waals surface area contributed by atoms with E-state index in [4.69, 9.17) is 5.11 Å². The van der Waals surface area contributed by atoms with Crippen molar-refractivity contribution in [2.45, 2.75) is 23.5 Å². The number of hydrogen-bond donors (Lipinski definition) is 2. The van der Waals surface area contributed by atoms with Gasteiger partial charge < -0.3 is 10.4 Å². The summed E-state index contributed by atoms with van der Waals surface area (Å²) in [7, 11) is 0. The molecule has 0 spiro atoms. The maximum Gasteiger partial charge on any atom is 0.375 e. The molecule has 0 aliphatic heterocycles. The Morgan fingerprint density at radius 2 is 2.21 bits per heavy atom. The van der Waals surface area contributed by atoms with Crippen LogP contribution in [0.5, 0.6) is 0 Å². The average molecular weight is 225 g/mol. The average Bonchev–Trinajstić information content (AvgIpc) is 2.85. The van der Waals surface area contributed by atoms with E-state index in [1.54, 1.807) is 11.8 Å². The number of aliphatic carboxylic acids is 1. The third kappa shape index (κ3) is 2.81. The summed E-state index contributed by atoms with van der Waals surface area (Å²) < 4.78 is 25.2. The maximum absolute atomic E-state index is 12.6. The van der Waals surface area contributed by atoms with Crippen LogP contribution in [0.3, 0.4) is 0 Å². The molecule has 0 unspecified atom stereocenters. The lowest BCUT2D eigenvalue weighted by molar-refractivity contribution is -0.164. The predicted molar refractivity (Wildman–Crippen MR) is 50.9 cm³/mol. The summed E-state index contributed by atoms with van der Waals surface area (Å²) in [5.74, 6) is -5.73. The highest BCUT2D eigenvalue weighted by atomic mass is 32.2. The van der Waals surface area contributed by atoms with Crippen molar-refractivity contribution in [2.75, 3.05) is 19.3 Å². The van der Waals surface area contributed by atoms with E-state index in [0.29, 0.717) is 6.54 Å². The van der Waals surface area contributed by atoms with E-state index in [1.807, 2.05) is 6.26 Å². The minimum Gasteiger partial charge on any atom is -0.477 e. The summed E-state index contributed by atoms with van der Waals surface area (Å²) in [6, 6.07) is 0. The zero-order valence-corrected chi connectivity index (χ0v) is 8.66. The topological polar surface area (TPSA) is 49.3 Å². The van der Waals surface area contributed by atoms with Gasteiger partial charge in [0.1, 0.15) is 0 Å². The zero-order chi connectivity index (χ0) is 10.8. The van der Waals surface area contributed by atoms with E-state index < -0.39 is 18.4 Å². The van der Waals surface area contributed by atoms with Gasteiger partial charge in [-0.3, -0.25) is 0 Å². The lowest BCUT2D eigenvalue weighted by Crippen LogP contribution is -2.42. The van der Waals surface area contributed by atoms with E-state index in [-0.39, 0.29) is 4.75 Å². The van der Waals surface area contributed by atoms with Crippen LogP contribution in [-0.2, 0) is 4.79 Å². The van der Waals surface area contributed by atoms with Gasteiger partial charge in [0.05, 0.1) is 6.54 Å². The Labute approximate surface area is 85.2 Å². The monoisotopic (exact) mass is 225 g/mol. The van der Waals surface area contributed by atoms with Crippen molar-refractivity contribution in [2.24, 2.45) is 0 Å². The van der Waals surface area contributed by atoms with Gasteiger partial charge in [-0.25, -0.2) is 4.79 Å². The lowest BCUT2D eigenvalue weighted by Gasteiger charge is -2.16. The lowest BCUT2D eigenvalue weighted by atomic mass is 10.3. The smallest absolute Gasteiger partial charge is 0.375 e. The zero-order valence-electron chi connectivity index (χ0n) is 7.85. The molecule has 1 fully saturated rings. The quantitative estimate of drug-likeness (QED) is 0.713. The molecule has 0 heterocycles. The van der Waals surface area contributed by atoms with Crippen molar-refractivity contribution in [3.63, 3.8) is 0 Å². The van der Waals surface area contributed by atoms with Crippen LogP contribution < -0.4 is 5.32 Å². The van der Waals surface area contributed by atoms with Crippen LogP contribution in [0.1, 0.15) is 12.8 Å². The molecule has 0 saturated heterocycles. The number of hydrogen-bond acceptors (Lipinski definition) is 3. The van der Waals surface area contributed by atoms with E-state index in [2.05, 4.69) is 5.32 Å². The van der Waals surface area contributed by atoms with Crippen LogP contribution in [0.25, 0.3) is 0 Å². The molecular formula is C8H13F2NO2S. The molecule has 0 amide bonds. The molecule has 0 radical (unpaired) electrons. The molecule has 1 saturated carbocycles. The van der Waals surface area contributed by atoms with Crippen molar-refractivity contribution in [3.05, 3.63) is 0 Å². The molecule has 6 heteroatoms. The Bertz CT molecular complexity index is 231. The molecular weight excluding hydrogens is 212 g/mol. The molecule has 14 heavy (non-hydrogen) atoms. The summed E-state index contributed by atoms with van der Waals surface area (Å²) in [4.78, 5) is 10.1. The first kappa shape index (κ1) is 11.7. The molecule has 1 aliphatic rings. The first-order chi connectivity index (χ1) is 6.42. The number of carboxylic acid groups (broad SMARTS) is 1. The molecule has 0 aromatic rings. The largest absolute Gasteiger partial charge is 0.477 e. The number of thioether (sulfide) groups is 1. The van der Waals surface area contributed by atoms with Gasteiger partial charge in [0.25, 0.3) is 0 Å². The van der Waals surface area contributed by atoms with Crippen LogP contribution in [0.4, 0.5) is 8.78 Å². The highest BCUT2D eigenvalue weighted by molar-refractivity contribution is 8.00. The van der Waals surface area contributed by atoms with Gasteiger partial charge in [0, 0.05) is 11.3 Å². The fourth-order valence-electron chi connectivity index (χ4n) is 1.12. The summed E-state index contributed by atoms with van der Waals surface area (Å²) >= 11 is 1.64. The van der Waals surface area contributed by atoms with Gasteiger partial charge >= 0.3 is 11.9 Å². The molecule has 0 bridgehead atoms. The third-order valence-electron chi connectivity index (χ3n) is 2.35. The summed E-state index contributed by atoms with van der Waals surface area (Å²) in [6.45, 7) is -0.332. The Morgan fingerprint density at radius 1 is 1.64 bits per heavy atom. The molecule has 0 atom stereocenters. The van der Waals surface area contributed by atoms with Crippen LogP contribution >= 0.6 is 11.8 Å². The molecule has 0 aromatic heterocycles. The molecule has 1 aliphatic carbocycles. The Balaban J connectivity index is 2.24. The van der Waals surface area contributed by atoms with E-state index >= 15 is 0 Å². The van der Waals surface area contributed by atoms with Gasteiger partial charge in [0.2, 0.25) is 0 Å². The summed E-state index contributed by atoms with van der Waals surface area (Å²) in [5.41, 5.74) is 0. The van der Waals surface area contributed by atoms with Crippen LogP contribution in [0, 0.1) is 0 Å². The maximum atomic E-state index is 12.6. The molecule has 0 aromatic carbocycles. The molecule has 2 N–H and O–H groups in total. The van der Waals surface area contributed by atoms with Gasteiger partial charge in [-0.15, -0.1) is 0 Å². The SMILES string of the molecule is CSC1(CNCC(F)(F)C(=O)O)CC1. The molecule has 1 rings (SSSR count). The molecule has 82 valence electrons. The summed E-state index contributed by atoms with van der Waals surface area (Å²) in [6.07, 6.45) is 3.96. The van der Waals surface area contributed by atoms with E-state index in [1.165, 1.54) is 0 Å². The standard InChI is InChI=1S/C8H13F2NO2S/c1-14-7(2-3-7)4-11-5-8(9,10)6(12)13/h11H,2-5H2,1H3,(H,12,13). The van der Waals surface area contributed by atoms with Crippen molar-refractivity contribution in [1.29, 1.82) is 0 Å². The van der Waals surface area contributed by atoms with E-state index in [9.17, 15) is 13.6 Å². The minimum atomic E-state index is -3.66. The van der Waals surface area contributed by atoms with Crippen molar-refractivity contribution >= 4 is 17.7 Å². The number of rotatable bonds is 6. The number of carboxylic acids is 1. The van der Waals surface area contributed by atoms with E-state index in [0.717, 1.165) is 12.8 Å². The molecule has 3 nitrogen and oxygen atoms in total. The van der Waals surface area contributed by atoms with Crippen LogP contribution in [0.2, 0.25) is 0 Å². The summed E-state index contributed by atoms with van der Waals surface area (Å²) in [5, 5.41) is 10.7. The van der Waals surface area contributed by atoms with Gasteiger partial charge in [-0.1, -0.05) is 0 Å². The highest BCUT2D eigenvalue weighted by Gasteiger charge is 2.43. The number of alkyl halides is 2. The second kappa shape index (κ2) is 4.02. The van der Waals surface area contributed by atoms with Crippen LogP contribution in [0.15, 0.2) is 0 Å². The van der Waals surface area contributed by atoms with Crippen molar-refractivity contribution in [1.82, 2.24) is 5.32 Å². The fraction of sp³-hybridized carbons (Fsp3) is 0.875. The fourth-order valence-corrected chi connectivity index (χ4v) is 1.87. The number of carbonyl (C=O) groups is 1. The number of nitrogens with one attached hydrogen (secondary N) is 1. The minimum absolute atomic E-state index is 0.0780. The Hall–Kier alpha value is -0.360. The van der Waals surface area contributed by atoms with Crippen molar-refractivity contribution < 1.29 is 18.7 Å². The number of halogens is 2. The van der Waals surface area contributed by atoms with Crippen LogP contribution in [-0.4, -0.2) is 41.1 Å². The van der Waals surface area contributed by atoms with Gasteiger partial charge in [-0.2, -0.15) is 20.5 Å². The predicted octanol–water partition coefficient (Wildman–Crippen LogP) is 1.19. The highest BCUT2D eigenvalue weighted by Crippen LogP contribution is 2.46. The van der Waals surface area contributed by atoms with Crippen molar-refractivity contribution in [3.8, 4) is 0 Å². The first-order valence-electron chi connectivity index (χ1n) is 4.29. The second-order valence-electron chi connectivity index (χ2n) is 3.50. The second-order valence-corrected chi connectivity index (χ2v) is 4.77. The normalized spacial score (nSPS) is 19.4. The van der Waals surface area contributed by atoms with Gasteiger partial charge in [-0.05, 0) is 19.1 Å². The third-order valence-corrected chi connectivity index (χ3v) is 3.77. The Morgan fingerprint density at radius 3 is 2.57 bits per heavy atom. The Kier molecular flexibility index (Phi) is 3.36.